The Hall–Kier alpha value is -2.82. The van der Waals surface area contributed by atoms with E-state index in [0.29, 0.717) is 13.2 Å². The zero-order chi connectivity index (χ0) is 21.4. The summed E-state index contributed by atoms with van der Waals surface area (Å²) in [6, 6.07) is 16.7. The summed E-state index contributed by atoms with van der Waals surface area (Å²) < 4.78 is 8.25. The number of para-hydroxylation sites is 2. The molecule has 0 saturated carbocycles. The smallest absolute Gasteiger partial charge is 0.207 e. The number of nitrogens with zero attached hydrogens (tertiary/aromatic N) is 2. The van der Waals surface area contributed by atoms with Gasteiger partial charge in [0.2, 0.25) is 6.41 Å². The summed E-state index contributed by atoms with van der Waals surface area (Å²) in [4.78, 5) is 15.2. The highest BCUT2D eigenvalue weighted by Gasteiger charge is 2.13. The van der Waals surface area contributed by atoms with Crippen molar-refractivity contribution in [3.05, 3.63) is 59.9 Å². The first-order valence-corrected chi connectivity index (χ1v) is 10.8. The van der Waals surface area contributed by atoms with Gasteiger partial charge < -0.3 is 14.6 Å². The lowest BCUT2D eigenvalue weighted by atomic mass is 9.87. The third-order valence-corrected chi connectivity index (χ3v) is 5.30. The molecule has 0 fully saturated rings. The molecule has 1 N–H and O–H groups in total. The fraction of sp³-hybridized carbons (Fsp3) is 0.440. The van der Waals surface area contributed by atoms with Crippen molar-refractivity contribution in [2.45, 2.75) is 58.4 Å². The Balaban J connectivity index is 1.52. The van der Waals surface area contributed by atoms with Gasteiger partial charge in [-0.25, -0.2) is 4.98 Å². The SMILES string of the molecule is CC(C)(C)c1ccc(OCCCCn2c(CCCNC=O)nc3ccccc32)cc1. The largest absolute Gasteiger partial charge is 0.494 e. The number of unbranched alkanes of at least 4 members (excludes halogenated alkanes) is 1. The third-order valence-electron chi connectivity index (χ3n) is 5.30. The second-order valence-corrected chi connectivity index (χ2v) is 8.67. The molecule has 0 aliphatic heterocycles. The highest BCUT2D eigenvalue weighted by molar-refractivity contribution is 5.75. The number of aryl methyl sites for hydroxylation is 2. The first-order chi connectivity index (χ1) is 14.5. The van der Waals surface area contributed by atoms with Crippen molar-refractivity contribution < 1.29 is 9.53 Å². The number of nitrogens with one attached hydrogen (secondary N) is 1. The molecule has 0 bridgehead atoms. The van der Waals surface area contributed by atoms with E-state index in [1.165, 1.54) is 11.1 Å². The first-order valence-electron chi connectivity index (χ1n) is 10.8. The van der Waals surface area contributed by atoms with Crippen LogP contribution in [0.15, 0.2) is 48.5 Å². The van der Waals surface area contributed by atoms with Crippen molar-refractivity contribution in [3.8, 4) is 5.75 Å². The van der Waals surface area contributed by atoms with Gasteiger partial charge in [-0.3, -0.25) is 4.79 Å². The van der Waals surface area contributed by atoms with Gasteiger partial charge in [-0.1, -0.05) is 45.0 Å². The molecular weight excluding hydrogens is 374 g/mol. The lowest BCUT2D eigenvalue weighted by Crippen LogP contribution is -2.14. The van der Waals surface area contributed by atoms with Gasteiger partial charge in [-0.2, -0.15) is 0 Å². The molecule has 160 valence electrons. The quantitative estimate of drug-likeness (QED) is 0.364. The van der Waals surface area contributed by atoms with Crippen LogP contribution in [0.2, 0.25) is 0 Å². The van der Waals surface area contributed by atoms with Crippen LogP contribution in [0, 0.1) is 0 Å². The molecule has 0 saturated heterocycles. The lowest BCUT2D eigenvalue weighted by Gasteiger charge is -2.19. The van der Waals surface area contributed by atoms with Crippen LogP contribution in [-0.4, -0.2) is 29.1 Å². The molecule has 30 heavy (non-hydrogen) atoms. The number of hydrogen-bond donors (Lipinski definition) is 1. The number of benzene rings is 2. The molecule has 5 nitrogen and oxygen atoms in total. The summed E-state index contributed by atoms with van der Waals surface area (Å²) in [5.74, 6) is 2.02. The van der Waals surface area contributed by atoms with E-state index < -0.39 is 0 Å². The second-order valence-electron chi connectivity index (χ2n) is 8.67. The highest BCUT2D eigenvalue weighted by atomic mass is 16.5. The average molecular weight is 408 g/mol. The normalized spacial score (nSPS) is 11.6. The molecule has 1 heterocycles. The van der Waals surface area contributed by atoms with E-state index in [2.05, 4.69) is 73.1 Å². The number of imidazole rings is 1. The van der Waals surface area contributed by atoms with E-state index in [0.717, 1.165) is 55.7 Å². The molecule has 2 aromatic carbocycles. The Morgan fingerprint density at radius 2 is 1.80 bits per heavy atom. The van der Waals surface area contributed by atoms with Gasteiger partial charge in [0.25, 0.3) is 0 Å². The van der Waals surface area contributed by atoms with Crippen molar-refractivity contribution in [1.82, 2.24) is 14.9 Å². The summed E-state index contributed by atoms with van der Waals surface area (Å²) in [6.07, 6.45) is 4.50. The summed E-state index contributed by atoms with van der Waals surface area (Å²) in [5, 5.41) is 2.72. The summed E-state index contributed by atoms with van der Waals surface area (Å²) in [7, 11) is 0. The van der Waals surface area contributed by atoms with Crippen LogP contribution in [0.3, 0.4) is 0 Å². The summed E-state index contributed by atoms with van der Waals surface area (Å²) >= 11 is 0. The van der Waals surface area contributed by atoms with Gasteiger partial charge in [-0.05, 0) is 54.5 Å². The fourth-order valence-corrected chi connectivity index (χ4v) is 3.59. The van der Waals surface area contributed by atoms with Gasteiger partial charge in [-0.15, -0.1) is 0 Å². The zero-order valence-electron chi connectivity index (χ0n) is 18.4. The molecule has 1 amide bonds. The van der Waals surface area contributed by atoms with E-state index in [9.17, 15) is 4.79 Å². The number of amides is 1. The molecule has 5 heteroatoms. The number of carbonyl (C=O) groups excluding carboxylic acids is 1. The minimum Gasteiger partial charge on any atom is -0.494 e. The number of ether oxygens (including phenoxy) is 1. The lowest BCUT2D eigenvalue weighted by molar-refractivity contribution is -0.109. The van der Waals surface area contributed by atoms with Crippen molar-refractivity contribution >= 4 is 17.4 Å². The van der Waals surface area contributed by atoms with Gasteiger partial charge in [0.15, 0.2) is 0 Å². The Bertz CT molecular complexity index is 939. The molecule has 0 radical (unpaired) electrons. The van der Waals surface area contributed by atoms with E-state index in [1.807, 2.05) is 6.07 Å². The molecule has 0 atom stereocenters. The number of rotatable bonds is 11. The highest BCUT2D eigenvalue weighted by Crippen LogP contribution is 2.24. The van der Waals surface area contributed by atoms with E-state index >= 15 is 0 Å². The third kappa shape index (κ3) is 5.85. The summed E-state index contributed by atoms with van der Waals surface area (Å²) in [6.45, 7) is 8.96. The van der Waals surface area contributed by atoms with Gasteiger partial charge >= 0.3 is 0 Å². The standard InChI is InChI=1S/C25H33N3O2/c1-25(2,3)20-12-14-21(15-13-20)30-18-7-6-17-28-23-10-5-4-9-22(23)27-24(28)11-8-16-26-19-29/h4-5,9-10,12-15,19H,6-8,11,16-18H2,1-3H3,(H,26,29). The first kappa shape index (κ1) is 21.9. The van der Waals surface area contributed by atoms with Crippen LogP contribution in [0.1, 0.15) is 51.4 Å². The number of hydrogen-bond acceptors (Lipinski definition) is 3. The van der Waals surface area contributed by atoms with E-state index in [-0.39, 0.29) is 5.41 Å². The number of carbonyl (C=O) groups is 1. The molecule has 0 spiro atoms. The van der Waals surface area contributed by atoms with Gasteiger partial charge in [0.1, 0.15) is 11.6 Å². The fourth-order valence-electron chi connectivity index (χ4n) is 3.59. The van der Waals surface area contributed by atoms with Crippen molar-refractivity contribution in [3.63, 3.8) is 0 Å². The molecule has 3 rings (SSSR count). The van der Waals surface area contributed by atoms with Crippen LogP contribution >= 0.6 is 0 Å². The Morgan fingerprint density at radius 3 is 2.53 bits per heavy atom. The van der Waals surface area contributed by atoms with Crippen molar-refractivity contribution in [2.75, 3.05) is 13.2 Å². The van der Waals surface area contributed by atoms with Crippen LogP contribution in [0.5, 0.6) is 5.75 Å². The van der Waals surface area contributed by atoms with Crippen LogP contribution in [-0.2, 0) is 23.2 Å². The molecule has 0 aliphatic rings. The Kier molecular flexibility index (Phi) is 7.50. The maximum absolute atomic E-state index is 10.4. The zero-order valence-corrected chi connectivity index (χ0v) is 18.4. The monoisotopic (exact) mass is 407 g/mol. The van der Waals surface area contributed by atoms with Crippen molar-refractivity contribution in [2.24, 2.45) is 0 Å². The number of aromatic nitrogens is 2. The minimum atomic E-state index is 0.160. The predicted octanol–water partition coefficient (Wildman–Crippen LogP) is 4.87. The minimum absolute atomic E-state index is 0.160. The van der Waals surface area contributed by atoms with E-state index in [1.54, 1.807) is 0 Å². The maximum atomic E-state index is 10.4. The van der Waals surface area contributed by atoms with Gasteiger partial charge in [0, 0.05) is 19.5 Å². The van der Waals surface area contributed by atoms with Crippen LogP contribution in [0.4, 0.5) is 0 Å². The molecule has 3 aromatic rings. The summed E-state index contributed by atoms with van der Waals surface area (Å²) in [5.41, 5.74) is 3.69. The molecule has 1 aromatic heterocycles. The maximum Gasteiger partial charge on any atom is 0.207 e. The molecule has 0 unspecified atom stereocenters. The van der Waals surface area contributed by atoms with Crippen LogP contribution < -0.4 is 10.1 Å². The molecular formula is C25H33N3O2. The Morgan fingerprint density at radius 1 is 1.03 bits per heavy atom. The van der Waals surface area contributed by atoms with Crippen molar-refractivity contribution in [1.29, 1.82) is 0 Å². The van der Waals surface area contributed by atoms with Crippen LogP contribution in [0.25, 0.3) is 11.0 Å². The number of fused-ring (bicyclic) bond motifs is 1. The topological polar surface area (TPSA) is 56.1 Å². The van der Waals surface area contributed by atoms with E-state index in [4.69, 9.17) is 9.72 Å². The predicted molar refractivity (Wildman–Crippen MR) is 122 cm³/mol. The average Bonchev–Trinajstić information content (AvgIpc) is 3.08. The second kappa shape index (κ2) is 10.3. The molecule has 0 aliphatic carbocycles. The van der Waals surface area contributed by atoms with Gasteiger partial charge in [0.05, 0.1) is 17.6 Å². The Labute approximate surface area is 179 Å².